The van der Waals surface area contributed by atoms with Crippen LogP contribution in [-0.2, 0) is 26.2 Å². The number of benzene rings is 2. The lowest BCUT2D eigenvalue weighted by Gasteiger charge is -2.32. The lowest BCUT2D eigenvalue weighted by molar-refractivity contribution is -0.139. The van der Waals surface area contributed by atoms with Gasteiger partial charge in [-0.25, -0.2) is 8.42 Å². The molecule has 34 heavy (non-hydrogen) atoms. The van der Waals surface area contributed by atoms with E-state index in [0.717, 1.165) is 41.8 Å². The van der Waals surface area contributed by atoms with Gasteiger partial charge in [-0.2, -0.15) is 0 Å². The van der Waals surface area contributed by atoms with E-state index in [2.05, 4.69) is 5.32 Å². The minimum absolute atomic E-state index is 0.0315. The molecule has 0 radical (unpaired) electrons. The smallest absolute Gasteiger partial charge is 0.244 e. The predicted molar refractivity (Wildman–Crippen MR) is 136 cm³/mol. The van der Waals surface area contributed by atoms with Gasteiger partial charge in [-0.15, -0.1) is 0 Å². The average molecular weight is 526 g/mol. The summed E-state index contributed by atoms with van der Waals surface area (Å²) in [7, 11) is -3.88. The van der Waals surface area contributed by atoms with E-state index in [1.165, 1.54) is 17.0 Å². The summed E-state index contributed by atoms with van der Waals surface area (Å²) < 4.78 is 26.2. The lowest BCUT2D eigenvalue weighted by atomic mass is 10.1. The van der Waals surface area contributed by atoms with Gasteiger partial charge in [0.05, 0.1) is 22.0 Å². The van der Waals surface area contributed by atoms with Crippen LogP contribution in [0, 0.1) is 0 Å². The van der Waals surface area contributed by atoms with Crippen molar-refractivity contribution in [3.8, 4) is 0 Å². The highest BCUT2D eigenvalue weighted by molar-refractivity contribution is 7.92. The van der Waals surface area contributed by atoms with Crippen molar-refractivity contribution in [3.05, 3.63) is 64.1 Å². The minimum Gasteiger partial charge on any atom is -0.352 e. The lowest BCUT2D eigenvalue weighted by Crippen LogP contribution is -2.52. The Hall–Kier alpha value is -2.29. The Balaban J connectivity index is 1.89. The molecule has 3 rings (SSSR count). The van der Waals surface area contributed by atoms with Gasteiger partial charge in [0.25, 0.3) is 0 Å². The molecule has 0 saturated heterocycles. The molecule has 10 heteroatoms. The Morgan fingerprint density at radius 3 is 2.32 bits per heavy atom. The number of halogens is 2. The molecular weight excluding hydrogens is 497 g/mol. The summed E-state index contributed by atoms with van der Waals surface area (Å²) in [4.78, 5) is 27.9. The van der Waals surface area contributed by atoms with Crippen molar-refractivity contribution in [2.45, 2.75) is 51.2 Å². The topological polar surface area (TPSA) is 86.8 Å². The zero-order chi connectivity index (χ0) is 24.9. The number of sulfonamides is 1. The molecule has 1 unspecified atom stereocenters. The molecule has 1 N–H and O–H groups in total. The average Bonchev–Trinajstić information content (AvgIpc) is 3.30. The molecule has 1 aliphatic carbocycles. The standard InChI is InChI=1S/C24H29Cl2N3O4S/c1-17(24(31)27-19-11-6-7-12-19)28(15-18-9-4-3-5-10-18)22(30)16-29(34(2,32)33)21-14-8-13-20(25)23(21)26/h3-5,8-10,13-14,17,19H,6-7,11-12,15-16H2,1-2H3,(H,27,31). The van der Waals surface area contributed by atoms with Gasteiger partial charge >= 0.3 is 0 Å². The number of nitrogens with zero attached hydrogens (tertiary/aromatic N) is 2. The van der Waals surface area contributed by atoms with E-state index in [9.17, 15) is 18.0 Å². The molecule has 0 aromatic heterocycles. The third-order valence-electron chi connectivity index (χ3n) is 5.94. The van der Waals surface area contributed by atoms with E-state index >= 15 is 0 Å². The van der Waals surface area contributed by atoms with Crippen molar-refractivity contribution >= 4 is 50.7 Å². The summed E-state index contributed by atoms with van der Waals surface area (Å²) in [6.07, 6.45) is 4.96. The van der Waals surface area contributed by atoms with E-state index in [1.54, 1.807) is 13.0 Å². The monoisotopic (exact) mass is 525 g/mol. The van der Waals surface area contributed by atoms with Gasteiger partial charge in [0, 0.05) is 12.6 Å². The number of amides is 2. The largest absolute Gasteiger partial charge is 0.352 e. The molecular formula is C24H29Cl2N3O4S. The minimum atomic E-state index is -3.88. The molecule has 2 amide bonds. The maximum atomic E-state index is 13.5. The number of rotatable bonds is 9. The van der Waals surface area contributed by atoms with Crippen molar-refractivity contribution in [1.82, 2.24) is 10.2 Å². The highest BCUT2D eigenvalue weighted by Gasteiger charge is 2.32. The van der Waals surface area contributed by atoms with Crippen LogP contribution in [0.4, 0.5) is 5.69 Å². The predicted octanol–water partition coefficient (Wildman–Crippen LogP) is 4.24. The van der Waals surface area contributed by atoms with Crippen LogP contribution in [0.2, 0.25) is 10.0 Å². The number of carbonyl (C=O) groups excluding carboxylic acids is 2. The Kier molecular flexibility index (Phi) is 8.84. The third kappa shape index (κ3) is 6.64. The van der Waals surface area contributed by atoms with Crippen molar-refractivity contribution in [2.24, 2.45) is 0 Å². The molecule has 0 aliphatic heterocycles. The first-order chi connectivity index (χ1) is 16.1. The molecule has 1 fully saturated rings. The summed E-state index contributed by atoms with van der Waals surface area (Å²) in [5.41, 5.74) is 0.927. The van der Waals surface area contributed by atoms with E-state index in [0.29, 0.717) is 0 Å². The zero-order valence-electron chi connectivity index (χ0n) is 19.2. The SMILES string of the molecule is CC(C(=O)NC1CCCC1)N(Cc1ccccc1)C(=O)CN(c1cccc(Cl)c1Cl)S(C)(=O)=O. The molecule has 2 aromatic rings. The van der Waals surface area contributed by atoms with Crippen molar-refractivity contribution < 1.29 is 18.0 Å². The van der Waals surface area contributed by atoms with Crippen molar-refractivity contribution in [1.29, 1.82) is 0 Å². The summed E-state index contributed by atoms with van der Waals surface area (Å²) >= 11 is 12.4. The highest BCUT2D eigenvalue weighted by atomic mass is 35.5. The Morgan fingerprint density at radius 1 is 1.06 bits per heavy atom. The number of hydrogen-bond donors (Lipinski definition) is 1. The van der Waals surface area contributed by atoms with Gasteiger partial charge in [0.1, 0.15) is 12.6 Å². The fourth-order valence-electron chi connectivity index (χ4n) is 4.03. The normalized spacial score (nSPS) is 15.1. The number of carbonyl (C=O) groups is 2. The first kappa shape index (κ1) is 26.3. The molecule has 184 valence electrons. The molecule has 1 aliphatic rings. The summed E-state index contributed by atoms with van der Waals surface area (Å²) in [5, 5.41) is 3.23. The summed E-state index contributed by atoms with van der Waals surface area (Å²) in [5.74, 6) is -0.790. The second-order valence-electron chi connectivity index (χ2n) is 8.52. The van der Waals surface area contributed by atoms with Crippen LogP contribution in [0.25, 0.3) is 0 Å². The first-order valence-corrected chi connectivity index (χ1v) is 13.7. The first-order valence-electron chi connectivity index (χ1n) is 11.1. The number of anilines is 1. The zero-order valence-corrected chi connectivity index (χ0v) is 21.5. The summed E-state index contributed by atoms with van der Waals surface area (Å²) in [6, 6.07) is 13.1. The Labute approximate surface area is 211 Å². The van der Waals surface area contributed by atoms with E-state index < -0.39 is 28.5 Å². The molecule has 7 nitrogen and oxygen atoms in total. The van der Waals surface area contributed by atoms with Crippen molar-refractivity contribution in [3.63, 3.8) is 0 Å². The third-order valence-corrected chi connectivity index (χ3v) is 7.88. The van der Waals surface area contributed by atoms with Gasteiger partial charge in [0.2, 0.25) is 21.8 Å². The van der Waals surface area contributed by atoms with E-state index in [4.69, 9.17) is 23.2 Å². The van der Waals surface area contributed by atoms with Crippen LogP contribution in [-0.4, -0.2) is 50.0 Å². The van der Waals surface area contributed by atoms with Crippen molar-refractivity contribution in [2.75, 3.05) is 17.1 Å². The fourth-order valence-corrected chi connectivity index (χ4v) is 5.34. The maximum Gasteiger partial charge on any atom is 0.244 e. The highest BCUT2D eigenvalue weighted by Crippen LogP contribution is 2.33. The van der Waals surface area contributed by atoms with Crippen LogP contribution in [0.15, 0.2) is 48.5 Å². The van der Waals surface area contributed by atoms with Gasteiger partial charge in [-0.05, 0) is 37.5 Å². The molecule has 0 bridgehead atoms. The molecule has 0 heterocycles. The second kappa shape index (κ2) is 11.4. The van der Waals surface area contributed by atoms with E-state index in [1.807, 2.05) is 30.3 Å². The van der Waals surface area contributed by atoms with Crippen LogP contribution in [0.3, 0.4) is 0 Å². The van der Waals surface area contributed by atoms with Gasteiger partial charge in [0.15, 0.2) is 0 Å². The fraction of sp³-hybridized carbons (Fsp3) is 0.417. The van der Waals surface area contributed by atoms with Crippen LogP contribution < -0.4 is 9.62 Å². The Morgan fingerprint density at radius 2 is 1.71 bits per heavy atom. The van der Waals surface area contributed by atoms with Gasteiger partial charge < -0.3 is 10.2 Å². The molecule has 0 spiro atoms. The summed E-state index contributed by atoms with van der Waals surface area (Å²) in [6.45, 7) is 1.29. The van der Waals surface area contributed by atoms with Crippen LogP contribution >= 0.6 is 23.2 Å². The molecule has 1 saturated carbocycles. The molecule has 2 aromatic carbocycles. The van der Waals surface area contributed by atoms with Crippen LogP contribution in [0.1, 0.15) is 38.2 Å². The quantitative estimate of drug-likeness (QED) is 0.530. The van der Waals surface area contributed by atoms with E-state index in [-0.39, 0.29) is 34.2 Å². The second-order valence-corrected chi connectivity index (χ2v) is 11.2. The number of nitrogens with one attached hydrogen (secondary N) is 1. The number of hydrogen-bond acceptors (Lipinski definition) is 4. The van der Waals surface area contributed by atoms with Gasteiger partial charge in [-0.3, -0.25) is 13.9 Å². The molecule has 1 atom stereocenters. The van der Waals surface area contributed by atoms with Crippen LogP contribution in [0.5, 0.6) is 0 Å². The Bertz CT molecular complexity index is 1120. The maximum absolute atomic E-state index is 13.5. The van der Waals surface area contributed by atoms with Gasteiger partial charge in [-0.1, -0.05) is 72.4 Å².